The molecule has 0 rings (SSSR count). The molecular weight excluding hydrogens is 98.0 g/mol. The van der Waals surface area contributed by atoms with E-state index in [1.54, 1.807) is 0 Å². The number of rotatable bonds is 1. The van der Waals surface area contributed by atoms with Crippen LogP contribution in [0.2, 0.25) is 0 Å². The van der Waals surface area contributed by atoms with Crippen molar-refractivity contribution in [1.82, 2.24) is 0 Å². The van der Waals surface area contributed by atoms with Crippen LogP contribution >= 0.6 is 0 Å². The number of nitro groups is 1. The van der Waals surface area contributed by atoms with E-state index >= 15 is 0 Å². The van der Waals surface area contributed by atoms with Gasteiger partial charge in [0.2, 0.25) is 0 Å². The molecule has 2 N–H and O–H groups in total. The van der Waals surface area contributed by atoms with Crippen LogP contribution in [0.15, 0.2) is 0 Å². The monoisotopic (exact) mass is 101 g/mol. The lowest BCUT2D eigenvalue weighted by molar-refractivity contribution is -0.505. The third-order valence-corrected chi connectivity index (χ3v) is 0.359. The standard InChI is InChI=1S/C2H3N3O2/c3-1-2(4)5(6)7/h2H,4H2. The second kappa shape index (κ2) is 2.10. The molecular formula is C2H3N3O2. The molecule has 5 nitrogen and oxygen atoms in total. The Morgan fingerprint density at radius 1 is 2.00 bits per heavy atom. The molecule has 0 aromatic carbocycles. The Bertz CT molecular complexity index is 115. The van der Waals surface area contributed by atoms with Crippen molar-refractivity contribution in [2.75, 3.05) is 0 Å². The van der Waals surface area contributed by atoms with E-state index in [1.807, 2.05) is 0 Å². The maximum Gasteiger partial charge on any atom is 0.349 e. The third-order valence-electron chi connectivity index (χ3n) is 0.359. The SMILES string of the molecule is N#CC(N)[N+](=O)[O-]. The quantitative estimate of drug-likeness (QED) is 0.262. The van der Waals surface area contributed by atoms with Crippen molar-refractivity contribution in [3.63, 3.8) is 0 Å². The van der Waals surface area contributed by atoms with E-state index in [4.69, 9.17) is 5.26 Å². The zero-order valence-electron chi connectivity index (χ0n) is 3.37. The second-order valence-corrected chi connectivity index (χ2v) is 0.859. The van der Waals surface area contributed by atoms with Crippen molar-refractivity contribution in [3.05, 3.63) is 10.1 Å². The number of nitrogens with zero attached hydrogens (tertiary/aromatic N) is 2. The molecule has 38 valence electrons. The Labute approximate surface area is 39.5 Å². The van der Waals surface area contributed by atoms with Gasteiger partial charge in [-0.2, -0.15) is 5.26 Å². The van der Waals surface area contributed by atoms with Gasteiger partial charge in [-0.1, -0.05) is 0 Å². The predicted molar refractivity (Wildman–Crippen MR) is 20.6 cm³/mol. The molecule has 0 amide bonds. The molecule has 5 heteroatoms. The number of hydrogen-bond donors (Lipinski definition) is 1. The van der Waals surface area contributed by atoms with Crippen LogP contribution in [-0.2, 0) is 0 Å². The summed E-state index contributed by atoms with van der Waals surface area (Å²) in [7, 11) is 0. The summed E-state index contributed by atoms with van der Waals surface area (Å²) in [5.74, 6) is 0. The summed E-state index contributed by atoms with van der Waals surface area (Å²) < 4.78 is 0. The highest BCUT2D eigenvalue weighted by atomic mass is 16.6. The molecule has 0 aliphatic rings. The van der Waals surface area contributed by atoms with Crippen molar-refractivity contribution in [2.24, 2.45) is 5.73 Å². The van der Waals surface area contributed by atoms with E-state index in [0.29, 0.717) is 0 Å². The Hall–Kier alpha value is -1.15. The molecule has 0 radical (unpaired) electrons. The lowest BCUT2D eigenvalue weighted by Gasteiger charge is -1.86. The number of nitrogens with two attached hydrogens (primary N) is 1. The molecule has 1 atom stereocenters. The second-order valence-electron chi connectivity index (χ2n) is 0.859. The van der Waals surface area contributed by atoms with Crippen molar-refractivity contribution in [2.45, 2.75) is 6.17 Å². The fourth-order valence-corrected chi connectivity index (χ4v) is 0.0471. The van der Waals surface area contributed by atoms with Crippen LogP contribution in [0.5, 0.6) is 0 Å². The number of hydrogen-bond acceptors (Lipinski definition) is 4. The Morgan fingerprint density at radius 3 is 2.43 bits per heavy atom. The van der Waals surface area contributed by atoms with Gasteiger partial charge in [0.25, 0.3) is 0 Å². The molecule has 7 heavy (non-hydrogen) atoms. The van der Waals surface area contributed by atoms with Gasteiger partial charge in [0.1, 0.15) is 0 Å². The van der Waals surface area contributed by atoms with Gasteiger partial charge in [0.15, 0.2) is 6.07 Å². The summed E-state index contributed by atoms with van der Waals surface area (Å²) in [4.78, 5) is 8.53. The van der Waals surface area contributed by atoms with Crippen LogP contribution in [-0.4, -0.2) is 11.1 Å². The van der Waals surface area contributed by atoms with Crippen LogP contribution in [0.3, 0.4) is 0 Å². The third kappa shape index (κ3) is 1.67. The van der Waals surface area contributed by atoms with Crippen LogP contribution < -0.4 is 5.73 Å². The Morgan fingerprint density at radius 2 is 2.43 bits per heavy atom. The Kier molecular flexibility index (Phi) is 1.76. The average Bonchev–Trinajstić information content (AvgIpc) is 1.65. The molecule has 0 aromatic heterocycles. The lowest BCUT2D eigenvalue weighted by Crippen LogP contribution is -2.26. The zero-order chi connectivity index (χ0) is 5.86. The lowest BCUT2D eigenvalue weighted by atomic mass is 10.6. The van der Waals surface area contributed by atoms with Gasteiger partial charge in [-0.25, -0.2) is 0 Å². The van der Waals surface area contributed by atoms with Gasteiger partial charge in [0.05, 0.1) is 4.92 Å². The fourth-order valence-electron chi connectivity index (χ4n) is 0.0471. The minimum Gasteiger partial charge on any atom is -0.262 e. The highest BCUT2D eigenvalue weighted by molar-refractivity contribution is 4.75. The van der Waals surface area contributed by atoms with Gasteiger partial charge in [-0.05, 0) is 0 Å². The minimum atomic E-state index is -1.57. The Balaban J connectivity index is 3.63. The first-order chi connectivity index (χ1) is 3.18. The molecule has 0 aliphatic heterocycles. The van der Waals surface area contributed by atoms with E-state index in [1.165, 1.54) is 6.07 Å². The predicted octanol–water partition coefficient (Wildman–Crippen LogP) is -0.929. The summed E-state index contributed by atoms with van der Waals surface area (Å²) >= 11 is 0. The van der Waals surface area contributed by atoms with Crippen molar-refractivity contribution in [3.8, 4) is 6.07 Å². The van der Waals surface area contributed by atoms with Gasteiger partial charge in [-0.15, -0.1) is 0 Å². The maximum atomic E-state index is 9.39. The first-order valence-electron chi connectivity index (χ1n) is 1.47. The van der Waals surface area contributed by atoms with E-state index < -0.39 is 11.1 Å². The summed E-state index contributed by atoms with van der Waals surface area (Å²) in [6.07, 6.45) is -1.57. The van der Waals surface area contributed by atoms with Gasteiger partial charge < -0.3 is 0 Å². The van der Waals surface area contributed by atoms with Crippen LogP contribution in [0.25, 0.3) is 0 Å². The molecule has 1 unspecified atom stereocenters. The van der Waals surface area contributed by atoms with Crippen molar-refractivity contribution < 1.29 is 4.92 Å². The van der Waals surface area contributed by atoms with Crippen LogP contribution in [0.1, 0.15) is 0 Å². The van der Waals surface area contributed by atoms with Gasteiger partial charge in [0, 0.05) is 0 Å². The van der Waals surface area contributed by atoms with Crippen LogP contribution in [0, 0.1) is 21.4 Å². The van der Waals surface area contributed by atoms with Crippen molar-refractivity contribution >= 4 is 0 Å². The van der Waals surface area contributed by atoms with Gasteiger partial charge >= 0.3 is 6.17 Å². The smallest absolute Gasteiger partial charge is 0.262 e. The summed E-state index contributed by atoms with van der Waals surface area (Å²) in [6, 6.07) is 1.24. The fraction of sp³-hybridized carbons (Fsp3) is 0.500. The van der Waals surface area contributed by atoms with E-state index in [9.17, 15) is 10.1 Å². The molecule has 0 spiro atoms. The highest BCUT2D eigenvalue weighted by Crippen LogP contribution is 1.71. The average molecular weight is 101 g/mol. The summed E-state index contributed by atoms with van der Waals surface area (Å²) in [5, 5.41) is 17.1. The molecule has 0 aliphatic carbocycles. The van der Waals surface area contributed by atoms with Crippen LogP contribution in [0.4, 0.5) is 0 Å². The first-order valence-corrected chi connectivity index (χ1v) is 1.47. The summed E-state index contributed by atoms with van der Waals surface area (Å²) in [5.41, 5.74) is 4.56. The molecule has 0 saturated carbocycles. The maximum absolute atomic E-state index is 9.39. The molecule has 0 bridgehead atoms. The molecule has 0 aromatic rings. The van der Waals surface area contributed by atoms with Crippen molar-refractivity contribution in [1.29, 1.82) is 5.26 Å². The first kappa shape index (κ1) is 5.85. The van der Waals surface area contributed by atoms with E-state index in [0.717, 1.165) is 0 Å². The minimum absolute atomic E-state index is 0.861. The highest BCUT2D eigenvalue weighted by Gasteiger charge is 2.07. The molecule has 0 fully saturated rings. The molecule has 0 saturated heterocycles. The molecule has 0 heterocycles. The normalized spacial score (nSPS) is 12.0. The summed E-state index contributed by atoms with van der Waals surface area (Å²) in [6.45, 7) is 0. The van der Waals surface area contributed by atoms with E-state index in [-0.39, 0.29) is 0 Å². The zero-order valence-corrected chi connectivity index (χ0v) is 3.37. The number of nitriles is 1. The largest absolute Gasteiger partial charge is 0.349 e. The van der Waals surface area contributed by atoms with E-state index in [2.05, 4.69) is 5.73 Å². The topological polar surface area (TPSA) is 93.0 Å². The van der Waals surface area contributed by atoms with Gasteiger partial charge in [-0.3, -0.25) is 15.8 Å².